The zero-order valence-corrected chi connectivity index (χ0v) is 8.18. The first-order valence-electron chi connectivity index (χ1n) is 4.68. The van der Waals surface area contributed by atoms with Gasteiger partial charge in [-0.15, -0.1) is 0 Å². The first kappa shape index (κ1) is 10.9. The van der Waals surface area contributed by atoms with Crippen molar-refractivity contribution in [1.29, 1.82) is 0 Å². The molecule has 1 saturated heterocycles. The van der Waals surface area contributed by atoms with Gasteiger partial charge in [0.05, 0.1) is 11.5 Å². The Morgan fingerprint density at radius 2 is 1.85 bits per heavy atom. The molecule has 0 aromatic heterocycles. The van der Waals surface area contributed by atoms with Crippen LogP contribution in [0, 0.1) is 0 Å². The lowest BCUT2D eigenvalue weighted by Crippen LogP contribution is -2.42. The summed E-state index contributed by atoms with van der Waals surface area (Å²) >= 11 is 0. The summed E-state index contributed by atoms with van der Waals surface area (Å²) in [7, 11) is 0. The lowest BCUT2D eigenvalue weighted by Gasteiger charge is -2.34. The average Bonchev–Trinajstić information content (AvgIpc) is 2.04. The van der Waals surface area contributed by atoms with Crippen LogP contribution in [0.3, 0.4) is 0 Å². The molecule has 1 heterocycles. The van der Waals surface area contributed by atoms with Gasteiger partial charge in [0.1, 0.15) is 0 Å². The van der Waals surface area contributed by atoms with Crippen LogP contribution in [0.15, 0.2) is 0 Å². The summed E-state index contributed by atoms with van der Waals surface area (Å²) in [6.07, 6.45) is 1.62. The van der Waals surface area contributed by atoms with Crippen LogP contribution >= 0.6 is 0 Å². The van der Waals surface area contributed by atoms with Crippen LogP contribution in [0.25, 0.3) is 0 Å². The highest BCUT2D eigenvalue weighted by Gasteiger charge is 2.22. The Hall–Kier alpha value is -0.200. The smallest absolute Gasteiger partial charge is 0.0868 e. The fourth-order valence-electron chi connectivity index (χ4n) is 1.63. The summed E-state index contributed by atoms with van der Waals surface area (Å²) in [5, 5.41) is 16.7. The third-order valence-corrected chi connectivity index (χ3v) is 2.45. The van der Waals surface area contributed by atoms with E-state index in [2.05, 4.69) is 18.7 Å². The van der Waals surface area contributed by atoms with Crippen molar-refractivity contribution in [3.63, 3.8) is 0 Å². The third-order valence-electron chi connectivity index (χ3n) is 2.45. The third kappa shape index (κ3) is 3.58. The fraction of sp³-hybridized carbons (Fsp3) is 1.00. The molecular formula is C8H18N2O3. The number of hydrogen-bond donors (Lipinski definition) is 2. The molecule has 2 N–H and O–H groups in total. The van der Waals surface area contributed by atoms with Crippen LogP contribution in [-0.2, 0) is 4.84 Å². The molecule has 0 radical (unpaired) electrons. The minimum atomic E-state index is -0.185. The van der Waals surface area contributed by atoms with Crippen molar-refractivity contribution < 1.29 is 15.3 Å². The van der Waals surface area contributed by atoms with Crippen molar-refractivity contribution in [3.05, 3.63) is 0 Å². The highest BCUT2D eigenvalue weighted by molar-refractivity contribution is 4.73. The standard InChI is InChI=1S/C8H18N2O3/c1-7(2)9-5-3-8(4-6-9)13-10(11)12/h7-8,11-12H,3-6H2,1-2H3. The van der Waals surface area contributed by atoms with E-state index < -0.39 is 0 Å². The zero-order valence-electron chi connectivity index (χ0n) is 8.18. The minimum absolute atomic E-state index is 0.0648. The second-order valence-corrected chi connectivity index (χ2v) is 3.69. The largest absolute Gasteiger partial charge is 0.301 e. The highest BCUT2D eigenvalue weighted by Crippen LogP contribution is 2.15. The predicted octanol–water partition coefficient (Wildman–Crippen LogP) is 0.871. The molecule has 0 bridgehead atoms. The lowest BCUT2D eigenvalue weighted by molar-refractivity contribution is -0.506. The molecule has 0 aliphatic carbocycles. The summed E-state index contributed by atoms with van der Waals surface area (Å²) in [6, 6.07) is 0.556. The number of nitrogens with zero attached hydrogens (tertiary/aromatic N) is 2. The van der Waals surface area contributed by atoms with Gasteiger partial charge in [-0.2, -0.15) is 0 Å². The van der Waals surface area contributed by atoms with E-state index in [9.17, 15) is 0 Å². The molecule has 0 amide bonds. The van der Waals surface area contributed by atoms with E-state index in [1.165, 1.54) is 0 Å². The maximum Gasteiger partial charge on any atom is 0.0868 e. The topological polar surface area (TPSA) is 56.2 Å². The predicted molar refractivity (Wildman–Crippen MR) is 46.2 cm³/mol. The van der Waals surface area contributed by atoms with Crippen molar-refractivity contribution >= 4 is 0 Å². The van der Waals surface area contributed by atoms with Crippen LogP contribution in [0.4, 0.5) is 0 Å². The van der Waals surface area contributed by atoms with E-state index in [1.807, 2.05) is 0 Å². The molecule has 0 spiro atoms. The fourth-order valence-corrected chi connectivity index (χ4v) is 1.63. The van der Waals surface area contributed by atoms with Gasteiger partial charge in [-0.1, -0.05) is 0 Å². The first-order chi connectivity index (χ1) is 6.09. The summed E-state index contributed by atoms with van der Waals surface area (Å²) in [5.41, 5.74) is 0. The summed E-state index contributed by atoms with van der Waals surface area (Å²) in [5.74, 6) is 0. The molecule has 1 aliphatic heterocycles. The monoisotopic (exact) mass is 190 g/mol. The molecule has 0 unspecified atom stereocenters. The molecule has 1 rings (SSSR count). The molecule has 5 nitrogen and oxygen atoms in total. The number of likely N-dealkylation sites (tertiary alicyclic amines) is 1. The maximum absolute atomic E-state index is 8.43. The Balaban J connectivity index is 2.22. The number of piperidine rings is 1. The van der Waals surface area contributed by atoms with E-state index in [1.54, 1.807) is 0 Å². The molecule has 0 aromatic rings. The molecule has 78 valence electrons. The quantitative estimate of drug-likeness (QED) is 0.647. The Morgan fingerprint density at radius 1 is 1.31 bits per heavy atom. The van der Waals surface area contributed by atoms with Crippen molar-refractivity contribution in [2.75, 3.05) is 13.1 Å². The van der Waals surface area contributed by atoms with Gasteiger partial charge in [0, 0.05) is 19.1 Å². The molecule has 13 heavy (non-hydrogen) atoms. The van der Waals surface area contributed by atoms with Crippen molar-refractivity contribution in [2.24, 2.45) is 0 Å². The van der Waals surface area contributed by atoms with Gasteiger partial charge in [0.25, 0.3) is 0 Å². The van der Waals surface area contributed by atoms with Gasteiger partial charge in [0.2, 0.25) is 0 Å². The highest BCUT2D eigenvalue weighted by atomic mass is 17.1. The van der Waals surface area contributed by atoms with E-state index in [0.717, 1.165) is 25.9 Å². The lowest BCUT2D eigenvalue weighted by atomic mass is 10.1. The van der Waals surface area contributed by atoms with Crippen LogP contribution in [-0.4, -0.2) is 45.9 Å². The van der Waals surface area contributed by atoms with Gasteiger partial charge in [0.15, 0.2) is 0 Å². The maximum atomic E-state index is 8.43. The van der Waals surface area contributed by atoms with E-state index >= 15 is 0 Å². The van der Waals surface area contributed by atoms with Gasteiger partial charge in [-0.05, 0) is 26.7 Å². The Morgan fingerprint density at radius 3 is 2.23 bits per heavy atom. The summed E-state index contributed by atoms with van der Waals surface area (Å²) in [6.45, 7) is 6.23. The first-order valence-corrected chi connectivity index (χ1v) is 4.68. The van der Waals surface area contributed by atoms with Crippen molar-refractivity contribution in [1.82, 2.24) is 10.3 Å². The average molecular weight is 190 g/mol. The number of hydrogen-bond acceptors (Lipinski definition) is 5. The SMILES string of the molecule is CC(C)N1CCC(ON(O)O)CC1. The Kier molecular flexibility index (Phi) is 4.08. The molecule has 0 saturated carbocycles. The minimum Gasteiger partial charge on any atom is -0.301 e. The molecule has 0 atom stereocenters. The van der Waals surface area contributed by atoms with Gasteiger partial charge < -0.3 is 4.90 Å². The Bertz CT molecular complexity index is 144. The summed E-state index contributed by atoms with van der Waals surface area (Å²) < 4.78 is 0. The molecule has 5 heteroatoms. The van der Waals surface area contributed by atoms with Crippen molar-refractivity contribution in [2.45, 2.75) is 38.8 Å². The van der Waals surface area contributed by atoms with Crippen LogP contribution < -0.4 is 0 Å². The molecule has 1 aliphatic rings. The number of rotatable bonds is 3. The van der Waals surface area contributed by atoms with Crippen LogP contribution in [0.5, 0.6) is 0 Å². The van der Waals surface area contributed by atoms with Gasteiger partial charge in [-0.25, -0.2) is 4.84 Å². The van der Waals surface area contributed by atoms with E-state index in [-0.39, 0.29) is 11.5 Å². The molecule has 1 fully saturated rings. The Labute approximate surface area is 78.4 Å². The second-order valence-electron chi connectivity index (χ2n) is 3.69. The van der Waals surface area contributed by atoms with E-state index in [4.69, 9.17) is 15.3 Å². The van der Waals surface area contributed by atoms with Crippen LogP contribution in [0.1, 0.15) is 26.7 Å². The van der Waals surface area contributed by atoms with E-state index in [0.29, 0.717) is 6.04 Å². The molecule has 0 aromatic carbocycles. The van der Waals surface area contributed by atoms with Crippen molar-refractivity contribution in [3.8, 4) is 0 Å². The normalized spacial score (nSPS) is 21.7. The second kappa shape index (κ2) is 4.88. The molecular weight excluding hydrogens is 172 g/mol. The van der Waals surface area contributed by atoms with Crippen LogP contribution in [0.2, 0.25) is 0 Å². The van der Waals surface area contributed by atoms with Gasteiger partial charge in [-0.3, -0.25) is 10.4 Å². The van der Waals surface area contributed by atoms with Gasteiger partial charge >= 0.3 is 0 Å². The summed E-state index contributed by atoms with van der Waals surface area (Å²) in [4.78, 5) is 7.08. The zero-order chi connectivity index (χ0) is 9.84.